The third-order valence-corrected chi connectivity index (χ3v) is 2.96. The maximum Gasteiger partial charge on any atom is 0.151 e. The number of hydrogen-bond acceptors (Lipinski definition) is 3. The molecule has 1 aliphatic heterocycles. The molecular weight excluding hydrogens is 221 g/mol. The van der Waals surface area contributed by atoms with Gasteiger partial charge in [-0.15, -0.1) is 0 Å². The van der Waals surface area contributed by atoms with E-state index >= 15 is 0 Å². The van der Waals surface area contributed by atoms with Gasteiger partial charge in [-0.2, -0.15) is 0 Å². The summed E-state index contributed by atoms with van der Waals surface area (Å²) in [6.07, 6.45) is 0.769. The smallest absolute Gasteiger partial charge is 0.151 e. The molecule has 1 fully saturated rings. The number of halogens is 1. The summed E-state index contributed by atoms with van der Waals surface area (Å²) in [5, 5.41) is 9.34. The molecule has 0 spiro atoms. The predicted octanol–water partition coefficient (Wildman–Crippen LogP) is 1.00. The monoisotopic (exact) mass is 237 g/mol. The molecule has 1 atom stereocenters. The lowest BCUT2D eigenvalue weighted by Gasteiger charge is -2.13. The standard InChI is InChI=1S/C13H16FNO2/c14-11-3-1-10(2-4-11)7-13(17)9-15-6-5-12(16)8-15/h1-4,12,16H,5-9H2. The minimum atomic E-state index is -0.298. The number of carbonyl (C=O) groups is 1. The summed E-state index contributed by atoms with van der Waals surface area (Å²) >= 11 is 0. The van der Waals surface area contributed by atoms with E-state index in [1.807, 2.05) is 4.90 Å². The van der Waals surface area contributed by atoms with E-state index in [2.05, 4.69) is 0 Å². The van der Waals surface area contributed by atoms with E-state index in [0.29, 0.717) is 19.5 Å². The number of β-amino-alcohol motifs (C(OH)–C–C–N with tert-alkyl or cyclic N) is 1. The highest BCUT2D eigenvalue weighted by Crippen LogP contribution is 2.09. The van der Waals surface area contributed by atoms with Crippen LogP contribution in [0.1, 0.15) is 12.0 Å². The Morgan fingerprint density at radius 2 is 2.12 bits per heavy atom. The summed E-state index contributed by atoms with van der Waals surface area (Å²) in [4.78, 5) is 13.7. The van der Waals surface area contributed by atoms with Crippen LogP contribution in [-0.4, -0.2) is 41.5 Å². The van der Waals surface area contributed by atoms with Crippen molar-refractivity contribution >= 4 is 5.78 Å². The number of hydrogen-bond donors (Lipinski definition) is 1. The lowest BCUT2D eigenvalue weighted by Crippen LogP contribution is -2.29. The van der Waals surface area contributed by atoms with Gasteiger partial charge in [0.25, 0.3) is 0 Å². The topological polar surface area (TPSA) is 40.5 Å². The van der Waals surface area contributed by atoms with Crippen molar-refractivity contribution in [2.24, 2.45) is 0 Å². The van der Waals surface area contributed by atoms with Crippen molar-refractivity contribution in [3.05, 3.63) is 35.6 Å². The highest BCUT2D eigenvalue weighted by atomic mass is 19.1. The van der Waals surface area contributed by atoms with E-state index in [1.165, 1.54) is 12.1 Å². The second kappa shape index (κ2) is 5.38. The summed E-state index contributed by atoms with van der Waals surface area (Å²) in [6, 6.07) is 5.99. The SMILES string of the molecule is O=C(Cc1ccc(F)cc1)CN1CCC(O)C1. The van der Waals surface area contributed by atoms with Crippen molar-refractivity contribution < 1.29 is 14.3 Å². The Kier molecular flexibility index (Phi) is 3.86. The van der Waals surface area contributed by atoms with E-state index < -0.39 is 0 Å². The summed E-state index contributed by atoms with van der Waals surface area (Å²) in [6.45, 7) is 1.72. The van der Waals surface area contributed by atoms with Gasteiger partial charge in [-0.1, -0.05) is 12.1 Å². The van der Waals surface area contributed by atoms with Crippen molar-refractivity contribution in [2.45, 2.75) is 18.9 Å². The first-order chi connectivity index (χ1) is 8.13. The quantitative estimate of drug-likeness (QED) is 0.849. The normalized spacial score (nSPS) is 20.7. The van der Waals surface area contributed by atoms with Crippen LogP contribution in [0.5, 0.6) is 0 Å². The number of nitrogens with zero attached hydrogens (tertiary/aromatic N) is 1. The zero-order chi connectivity index (χ0) is 12.3. The van der Waals surface area contributed by atoms with E-state index in [4.69, 9.17) is 0 Å². The van der Waals surface area contributed by atoms with Crippen molar-refractivity contribution in [3.63, 3.8) is 0 Å². The highest BCUT2D eigenvalue weighted by Gasteiger charge is 2.21. The average Bonchev–Trinajstić information content (AvgIpc) is 2.67. The molecule has 4 heteroatoms. The van der Waals surface area contributed by atoms with Crippen LogP contribution in [0.3, 0.4) is 0 Å². The number of Topliss-reactive ketones (excluding diaryl/α,β-unsaturated/α-hetero) is 1. The maximum absolute atomic E-state index is 12.7. The molecule has 0 aromatic heterocycles. The van der Waals surface area contributed by atoms with Gasteiger partial charge >= 0.3 is 0 Å². The highest BCUT2D eigenvalue weighted by molar-refractivity contribution is 5.82. The second-order valence-electron chi connectivity index (χ2n) is 4.52. The number of aliphatic hydroxyl groups excluding tert-OH is 1. The van der Waals surface area contributed by atoms with Gasteiger partial charge in [-0.3, -0.25) is 9.69 Å². The number of ketones is 1. The molecule has 2 rings (SSSR count). The summed E-state index contributed by atoms with van der Waals surface area (Å²) in [5.41, 5.74) is 0.830. The summed E-state index contributed by atoms with van der Waals surface area (Å²) in [7, 11) is 0. The summed E-state index contributed by atoms with van der Waals surface area (Å²) < 4.78 is 12.7. The molecule has 0 saturated carbocycles. The molecule has 1 unspecified atom stereocenters. The van der Waals surface area contributed by atoms with Gasteiger partial charge in [-0.05, 0) is 24.1 Å². The average molecular weight is 237 g/mol. The molecule has 1 aromatic carbocycles. The lowest BCUT2D eigenvalue weighted by atomic mass is 10.1. The van der Waals surface area contributed by atoms with Gasteiger partial charge in [0.15, 0.2) is 5.78 Å². The van der Waals surface area contributed by atoms with E-state index in [0.717, 1.165) is 18.5 Å². The van der Waals surface area contributed by atoms with Crippen LogP contribution >= 0.6 is 0 Å². The van der Waals surface area contributed by atoms with Gasteiger partial charge in [-0.25, -0.2) is 4.39 Å². The molecular formula is C13H16FNO2. The molecule has 1 saturated heterocycles. The van der Waals surface area contributed by atoms with E-state index in [1.54, 1.807) is 12.1 Å². The van der Waals surface area contributed by atoms with E-state index in [9.17, 15) is 14.3 Å². The minimum absolute atomic E-state index is 0.103. The van der Waals surface area contributed by atoms with Gasteiger partial charge in [0.1, 0.15) is 5.82 Å². The van der Waals surface area contributed by atoms with Crippen LogP contribution in [0, 0.1) is 5.82 Å². The van der Waals surface area contributed by atoms with Crippen molar-refractivity contribution in [1.82, 2.24) is 4.90 Å². The molecule has 1 N–H and O–H groups in total. The molecule has 1 heterocycles. The molecule has 1 aromatic rings. The molecule has 0 aliphatic carbocycles. The Balaban J connectivity index is 1.83. The van der Waals surface area contributed by atoms with Crippen molar-refractivity contribution in [3.8, 4) is 0 Å². The first-order valence-corrected chi connectivity index (χ1v) is 5.80. The van der Waals surface area contributed by atoms with Gasteiger partial charge in [0.05, 0.1) is 12.6 Å². The van der Waals surface area contributed by atoms with Crippen LogP contribution in [-0.2, 0) is 11.2 Å². The fraction of sp³-hybridized carbons (Fsp3) is 0.462. The van der Waals surface area contributed by atoms with Crippen molar-refractivity contribution in [2.75, 3.05) is 19.6 Å². The molecule has 0 bridgehead atoms. The van der Waals surface area contributed by atoms with Crippen LogP contribution in [0.15, 0.2) is 24.3 Å². The van der Waals surface area contributed by atoms with Crippen LogP contribution in [0.2, 0.25) is 0 Å². The first-order valence-electron chi connectivity index (χ1n) is 5.80. The number of benzene rings is 1. The molecule has 1 aliphatic rings. The Bertz CT molecular complexity index is 391. The largest absolute Gasteiger partial charge is 0.392 e. The number of rotatable bonds is 4. The predicted molar refractivity (Wildman–Crippen MR) is 62.2 cm³/mol. The van der Waals surface area contributed by atoms with E-state index in [-0.39, 0.29) is 17.7 Å². The van der Waals surface area contributed by atoms with Crippen LogP contribution in [0.4, 0.5) is 4.39 Å². The van der Waals surface area contributed by atoms with Gasteiger partial charge in [0.2, 0.25) is 0 Å². The number of carbonyl (C=O) groups excluding carboxylic acids is 1. The van der Waals surface area contributed by atoms with Crippen molar-refractivity contribution in [1.29, 1.82) is 0 Å². The molecule has 92 valence electrons. The molecule has 17 heavy (non-hydrogen) atoms. The van der Waals surface area contributed by atoms with Crippen LogP contribution < -0.4 is 0 Å². The Hall–Kier alpha value is -1.26. The number of aliphatic hydroxyl groups is 1. The van der Waals surface area contributed by atoms with Gasteiger partial charge < -0.3 is 5.11 Å². The molecule has 3 nitrogen and oxygen atoms in total. The Labute approximate surface area is 99.9 Å². The molecule has 0 radical (unpaired) electrons. The zero-order valence-electron chi connectivity index (χ0n) is 9.60. The third-order valence-electron chi connectivity index (χ3n) is 2.96. The number of likely N-dealkylation sites (tertiary alicyclic amines) is 1. The zero-order valence-corrected chi connectivity index (χ0v) is 9.60. The Morgan fingerprint density at radius 3 is 2.71 bits per heavy atom. The maximum atomic E-state index is 12.7. The lowest BCUT2D eigenvalue weighted by molar-refractivity contribution is -0.119. The summed E-state index contributed by atoms with van der Waals surface area (Å²) in [5.74, 6) is -0.186. The van der Waals surface area contributed by atoms with Gasteiger partial charge in [0, 0.05) is 19.5 Å². The third kappa shape index (κ3) is 3.61. The first kappa shape index (κ1) is 12.2. The fourth-order valence-corrected chi connectivity index (χ4v) is 2.09. The van der Waals surface area contributed by atoms with Crippen LogP contribution in [0.25, 0.3) is 0 Å². The second-order valence-corrected chi connectivity index (χ2v) is 4.52. The minimum Gasteiger partial charge on any atom is -0.392 e. The fourth-order valence-electron chi connectivity index (χ4n) is 2.09. The molecule has 0 amide bonds. The Morgan fingerprint density at radius 1 is 1.41 bits per heavy atom.